The lowest BCUT2D eigenvalue weighted by molar-refractivity contribution is 0.601. The van der Waals surface area contributed by atoms with Crippen LogP contribution in [0.3, 0.4) is 0 Å². The summed E-state index contributed by atoms with van der Waals surface area (Å²) in [7, 11) is -3.74. The standard InChI is InChI=1S/C14H10Cl2N4O2S/c15-13-6-5-12(7-14(13)16)23(21,22)19-10-1-3-11(4-2-10)20-8-17-18-9-20/h1-9,19H. The first-order chi connectivity index (χ1) is 11.0. The van der Waals surface area contributed by atoms with Gasteiger partial charge in [-0.3, -0.25) is 9.29 Å². The monoisotopic (exact) mass is 368 g/mol. The molecule has 1 aromatic heterocycles. The van der Waals surface area contributed by atoms with Crippen molar-refractivity contribution in [3.63, 3.8) is 0 Å². The second-order valence-corrected chi connectivity index (χ2v) is 7.09. The van der Waals surface area contributed by atoms with Crippen LogP contribution in [-0.4, -0.2) is 23.2 Å². The summed E-state index contributed by atoms with van der Waals surface area (Å²) in [6, 6.07) is 10.9. The van der Waals surface area contributed by atoms with Crippen LogP contribution in [0.4, 0.5) is 5.69 Å². The average Bonchev–Trinajstić information content (AvgIpc) is 3.04. The first-order valence-electron chi connectivity index (χ1n) is 6.39. The molecule has 0 saturated heterocycles. The highest BCUT2D eigenvalue weighted by Gasteiger charge is 2.15. The molecule has 0 spiro atoms. The molecule has 3 aromatic rings. The number of nitrogens with one attached hydrogen (secondary N) is 1. The van der Waals surface area contributed by atoms with Crippen LogP contribution in [0.15, 0.2) is 60.0 Å². The van der Waals surface area contributed by atoms with Crippen molar-refractivity contribution in [1.82, 2.24) is 14.8 Å². The molecule has 0 aliphatic heterocycles. The van der Waals surface area contributed by atoms with E-state index >= 15 is 0 Å². The Hall–Kier alpha value is -2.09. The van der Waals surface area contributed by atoms with Gasteiger partial charge in [-0.1, -0.05) is 23.2 Å². The molecule has 23 heavy (non-hydrogen) atoms. The van der Waals surface area contributed by atoms with Crippen molar-refractivity contribution in [1.29, 1.82) is 0 Å². The SMILES string of the molecule is O=S(=O)(Nc1ccc(-n2cnnc2)cc1)c1ccc(Cl)c(Cl)c1. The van der Waals surface area contributed by atoms with Crippen LogP contribution in [0.1, 0.15) is 0 Å². The largest absolute Gasteiger partial charge is 0.288 e. The lowest BCUT2D eigenvalue weighted by Gasteiger charge is -2.09. The fourth-order valence-electron chi connectivity index (χ4n) is 1.89. The van der Waals surface area contributed by atoms with Gasteiger partial charge in [0, 0.05) is 11.4 Å². The molecule has 0 amide bonds. The summed E-state index contributed by atoms with van der Waals surface area (Å²) < 4.78 is 28.9. The van der Waals surface area contributed by atoms with Crippen LogP contribution < -0.4 is 4.72 Å². The highest BCUT2D eigenvalue weighted by molar-refractivity contribution is 7.92. The van der Waals surface area contributed by atoms with Crippen molar-refractivity contribution in [3.8, 4) is 5.69 Å². The number of halogens is 2. The van der Waals surface area contributed by atoms with E-state index in [2.05, 4.69) is 14.9 Å². The van der Waals surface area contributed by atoms with E-state index in [0.29, 0.717) is 10.7 Å². The van der Waals surface area contributed by atoms with Crippen molar-refractivity contribution in [2.75, 3.05) is 4.72 Å². The Kier molecular flexibility index (Phi) is 4.25. The fourth-order valence-corrected chi connectivity index (χ4v) is 3.34. The highest BCUT2D eigenvalue weighted by atomic mass is 35.5. The van der Waals surface area contributed by atoms with E-state index in [1.54, 1.807) is 41.5 Å². The van der Waals surface area contributed by atoms with E-state index in [1.807, 2.05) is 0 Å². The van der Waals surface area contributed by atoms with Gasteiger partial charge >= 0.3 is 0 Å². The summed E-state index contributed by atoms with van der Waals surface area (Å²) in [6.07, 6.45) is 3.10. The first kappa shape index (κ1) is 15.8. The molecule has 0 aliphatic carbocycles. The average molecular weight is 369 g/mol. The van der Waals surface area contributed by atoms with E-state index < -0.39 is 10.0 Å². The van der Waals surface area contributed by atoms with Gasteiger partial charge in [-0.15, -0.1) is 10.2 Å². The summed E-state index contributed by atoms with van der Waals surface area (Å²) >= 11 is 11.7. The van der Waals surface area contributed by atoms with Gasteiger partial charge < -0.3 is 0 Å². The number of aromatic nitrogens is 3. The lowest BCUT2D eigenvalue weighted by Crippen LogP contribution is -2.12. The molecule has 6 nitrogen and oxygen atoms in total. The van der Waals surface area contributed by atoms with Crippen molar-refractivity contribution in [2.24, 2.45) is 0 Å². The minimum absolute atomic E-state index is 0.0368. The van der Waals surface area contributed by atoms with Crippen LogP contribution in [0.5, 0.6) is 0 Å². The van der Waals surface area contributed by atoms with Crippen molar-refractivity contribution < 1.29 is 8.42 Å². The third-order valence-electron chi connectivity index (χ3n) is 3.04. The number of hydrogen-bond acceptors (Lipinski definition) is 4. The molecule has 2 aromatic carbocycles. The number of nitrogens with zero attached hydrogens (tertiary/aromatic N) is 3. The summed E-state index contributed by atoms with van der Waals surface area (Å²) in [5.74, 6) is 0. The van der Waals surface area contributed by atoms with Crippen LogP contribution in [0.2, 0.25) is 10.0 Å². The summed E-state index contributed by atoms with van der Waals surface area (Å²) in [6.45, 7) is 0. The molecule has 0 bridgehead atoms. The zero-order chi connectivity index (χ0) is 16.4. The molecule has 1 heterocycles. The Morgan fingerprint density at radius 1 is 0.913 bits per heavy atom. The van der Waals surface area contributed by atoms with Gasteiger partial charge in [0.2, 0.25) is 0 Å². The van der Waals surface area contributed by atoms with E-state index in [1.165, 1.54) is 18.2 Å². The first-order valence-corrected chi connectivity index (χ1v) is 8.62. The zero-order valence-electron chi connectivity index (χ0n) is 11.5. The fraction of sp³-hybridized carbons (Fsp3) is 0. The second-order valence-electron chi connectivity index (χ2n) is 4.60. The minimum atomic E-state index is -3.74. The Bertz CT molecular complexity index is 926. The van der Waals surface area contributed by atoms with Crippen molar-refractivity contribution in [3.05, 3.63) is 65.2 Å². The third-order valence-corrected chi connectivity index (χ3v) is 5.16. The van der Waals surface area contributed by atoms with Gasteiger partial charge in [0.25, 0.3) is 10.0 Å². The van der Waals surface area contributed by atoms with Gasteiger partial charge in [-0.2, -0.15) is 0 Å². The van der Waals surface area contributed by atoms with E-state index in [4.69, 9.17) is 23.2 Å². The Morgan fingerprint density at radius 3 is 2.17 bits per heavy atom. The summed E-state index contributed by atoms with van der Waals surface area (Å²) in [5, 5.41) is 7.90. The third kappa shape index (κ3) is 3.47. The summed E-state index contributed by atoms with van der Waals surface area (Å²) in [5.41, 5.74) is 1.24. The van der Waals surface area contributed by atoms with E-state index in [9.17, 15) is 8.42 Å². The highest BCUT2D eigenvalue weighted by Crippen LogP contribution is 2.26. The maximum atomic E-state index is 12.3. The quantitative estimate of drug-likeness (QED) is 0.765. The molecule has 0 aliphatic rings. The number of benzene rings is 2. The number of sulfonamides is 1. The van der Waals surface area contributed by atoms with Gasteiger partial charge in [-0.05, 0) is 42.5 Å². The minimum Gasteiger partial charge on any atom is -0.288 e. The molecular weight excluding hydrogens is 359 g/mol. The Morgan fingerprint density at radius 2 is 1.57 bits per heavy atom. The number of hydrogen-bond donors (Lipinski definition) is 1. The van der Waals surface area contributed by atoms with Crippen LogP contribution >= 0.6 is 23.2 Å². The predicted octanol–water partition coefficient (Wildman–Crippen LogP) is 3.37. The molecule has 0 atom stereocenters. The number of anilines is 1. The van der Waals surface area contributed by atoms with Crippen molar-refractivity contribution >= 4 is 38.9 Å². The van der Waals surface area contributed by atoms with Gasteiger partial charge in [0.05, 0.1) is 14.9 Å². The molecule has 0 fully saturated rings. The molecule has 118 valence electrons. The normalized spacial score (nSPS) is 11.4. The molecule has 0 saturated carbocycles. The molecular formula is C14H10Cl2N4O2S. The number of rotatable bonds is 4. The van der Waals surface area contributed by atoms with Gasteiger partial charge in [0.1, 0.15) is 12.7 Å². The van der Waals surface area contributed by atoms with E-state index in [-0.39, 0.29) is 9.92 Å². The zero-order valence-corrected chi connectivity index (χ0v) is 13.8. The topological polar surface area (TPSA) is 76.9 Å². The van der Waals surface area contributed by atoms with Gasteiger partial charge in [0.15, 0.2) is 0 Å². The maximum absolute atomic E-state index is 12.3. The molecule has 0 radical (unpaired) electrons. The predicted molar refractivity (Wildman–Crippen MR) is 88.6 cm³/mol. The Balaban J connectivity index is 1.84. The molecule has 3 rings (SSSR count). The van der Waals surface area contributed by atoms with Crippen LogP contribution in [0.25, 0.3) is 5.69 Å². The smallest absolute Gasteiger partial charge is 0.261 e. The lowest BCUT2D eigenvalue weighted by atomic mass is 10.3. The van der Waals surface area contributed by atoms with Crippen LogP contribution in [-0.2, 0) is 10.0 Å². The van der Waals surface area contributed by atoms with E-state index in [0.717, 1.165) is 5.69 Å². The summed E-state index contributed by atoms with van der Waals surface area (Å²) in [4.78, 5) is 0.0368. The van der Waals surface area contributed by atoms with Crippen molar-refractivity contribution in [2.45, 2.75) is 4.90 Å². The molecule has 1 N–H and O–H groups in total. The molecule has 9 heteroatoms. The van der Waals surface area contributed by atoms with Gasteiger partial charge in [-0.25, -0.2) is 8.42 Å². The van der Waals surface area contributed by atoms with Crippen LogP contribution in [0, 0.1) is 0 Å². The Labute approximate surface area is 142 Å². The second kappa shape index (κ2) is 6.19. The molecule has 0 unspecified atom stereocenters. The maximum Gasteiger partial charge on any atom is 0.261 e.